The fourth-order valence-corrected chi connectivity index (χ4v) is 3.22. The van der Waals surface area contributed by atoms with Crippen molar-refractivity contribution in [3.63, 3.8) is 0 Å². The Morgan fingerprint density at radius 3 is 2.50 bits per heavy atom. The first-order valence-electron chi connectivity index (χ1n) is 5.08. The van der Waals surface area contributed by atoms with Gasteiger partial charge in [0, 0.05) is 11.3 Å². The van der Waals surface area contributed by atoms with Crippen molar-refractivity contribution in [2.45, 2.75) is 39.7 Å². The summed E-state index contributed by atoms with van der Waals surface area (Å²) < 4.78 is 4.92. The summed E-state index contributed by atoms with van der Waals surface area (Å²) in [4.78, 5) is 22.3. The lowest BCUT2D eigenvalue weighted by Crippen LogP contribution is -2.36. The van der Waals surface area contributed by atoms with Crippen molar-refractivity contribution in [2.75, 3.05) is 0 Å². The molecule has 0 saturated heterocycles. The maximum atomic E-state index is 12.0. The van der Waals surface area contributed by atoms with Gasteiger partial charge in [-0.05, 0) is 18.3 Å². The number of fused-ring (bicyclic) bond motifs is 2. The molecule has 0 radical (unpaired) electrons. The maximum Gasteiger partial charge on any atom is 0.293 e. The van der Waals surface area contributed by atoms with Crippen LogP contribution in [0.25, 0.3) is 0 Å². The molecule has 0 aromatic carbocycles. The summed E-state index contributed by atoms with van der Waals surface area (Å²) in [6, 6.07) is 0. The highest BCUT2D eigenvalue weighted by atomic mass is 16.5. The Balaban J connectivity index is 2.38. The number of hydrogen-bond acceptors (Lipinski definition) is 3. The van der Waals surface area contributed by atoms with E-state index in [1.165, 1.54) is 0 Å². The molecule has 0 heterocycles. The van der Waals surface area contributed by atoms with Crippen LogP contribution < -0.4 is 0 Å². The monoisotopic (exact) mass is 196 g/mol. The zero-order chi connectivity index (χ0) is 10.6. The molecule has 0 N–H and O–H groups in total. The molecule has 0 aromatic rings. The van der Waals surface area contributed by atoms with E-state index in [2.05, 4.69) is 13.8 Å². The van der Waals surface area contributed by atoms with E-state index < -0.39 is 6.10 Å². The zero-order valence-corrected chi connectivity index (χ0v) is 8.87. The van der Waals surface area contributed by atoms with Crippen LogP contribution in [0.15, 0.2) is 0 Å². The van der Waals surface area contributed by atoms with Crippen LogP contribution in [0.3, 0.4) is 0 Å². The highest BCUT2D eigenvalue weighted by molar-refractivity contribution is 5.94. The van der Waals surface area contributed by atoms with Gasteiger partial charge in [-0.15, -0.1) is 0 Å². The molecule has 2 fully saturated rings. The van der Waals surface area contributed by atoms with Crippen molar-refractivity contribution in [3.8, 4) is 0 Å². The summed E-state index contributed by atoms with van der Waals surface area (Å²) in [5.74, 6) is 0.330. The summed E-state index contributed by atoms with van der Waals surface area (Å²) in [7, 11) is 0. The van der Waals surface area contributed by atoms with E-state index in [0.717, 1.165) is 12.8 Å². The van der Waals surface area contributed by atoms with Gasteiger partial charge in [-0.2, -0.15) is 0 Å². The summed E-state index contributed by atoms with van der Waals surface area (Å²) in [5, 5.41) is 0. The second kappa shape index (κ2) is 2.59. The van der Waals surface area contributed by atoms with Gasteiger partial charge in [0.05, 0.1) is 0 Å². The molecule has 3 atom stereocenters. The van der Waals surface area contributed by atoms with Gasteiger partial charge >= 0.3 is 0 Å². The molecule has 3 heteroatoms. The van der Waals surface area contributed by atoms with Gasteiger partial charge in [-0.25, -0.2) is 0 Å². The van der Waals surface area contributed by atoms with Crippen molar-refractivity contribution < 1.29 is 14.3 Å². The van der Waals surface area contributed by atoms with Crippen molar-refractivity contribution >= 4 is 12.3 Å². The van der Waals surface area contributed by atoms with Crippen LogP contribution in [0.2, 0.25) is 0 Å². The molecular formula is C11H16O3. The molecule has 2 aliphatic carbocycles. The van der Waals surface area contributed by atoms with Crippen LogP contribution in [0.5, 0.6) is 0 Å². The minimum absolute atomic E-state index is 0.0300. The smallest absolute Gasteiger partial charge is 0.293 e. The number of ketones is 1. The van der Waals surface area contributed by atoms with E-state index in [4.69, 9.17) is 4.74 Å². The molecule has 2 rings (SSSR count). The number of Topliss-reactive ketones (excluding diaryl/α,β-unsaturated/α-hetero) is 1. The third kappa shape index (κ3) is 0.830. The van der Waals surface area contributed by atoms with Gasteiger partial charge in [0.1, 0.15) is 0 Å². The van der Waals surface area contributed by atoms with Gasteiger partial charge in [-0.1, -0.05) is 20.8 Å². The van der Waals surface area contributed by atoms with E-state index in [0.29, 0.717) is 6.47 Å². The third-order valence-corrected chi connectivity index (χ3v) is 4.67. The van der Waals surface area contributed by atoms with E-state index in [-0.39, 0.29) is 22.5 Å². The molecule has 3 nitrogen and oxygen atoms in total. The molecule has 3 unspecified atom stereocenters. The Morgan fingerprint density at radius 1 is 1.43 bits per heavy atom. The van der Waals surface area contributed by atoms with Gasteiger partial charge in [-0.3, -0.25) is 9.59 Å². The molecule has 2 bridgehead atoms. The largest absolute Gasteiger partial charge is 0.456 e. The molecule has 0 amide bonds. The third-order valence-electron chi connectivity index (χ3n) is 4.67. The van der Waals surface area contributed by atoms with E-state index in [1.807, 2.05) is 6.92 Å². The maximum absolute atomic E-state index is 12.0. The van der Waals surface area contributed by atoms with Gasteiger partial charge in [0.25, 0.3) is 6.47 Å². The number of carbonyl (C=O) groups is 2. The Bertz CT molecular complexity index is 295. The quantitative estimate of drug-likeness (QED) is 0.629. The first-order valence-corrected chi connectivity index (χ1v) is 5.08. The molecule has 0 aliphatic heterocycles. The lowest BCUT2D eigenvalue weighted by atomic mass is 9.70. The number of carbonyl (C=O) groups excluding carboxylic acids is 2. The molecule has 0 spiro atoms. The highest BCUT2D eigenvalue weighted by Gasteiger charge is 2.67. The SMILES string of the molecule is CC12CCC(C(OC=O)C1=O)C2(C)C. The Labute approximate surface area is 83.8 Å². The van der Waals surface area contributed by atoms with E-state index >= 15 is 0 Å². The van der Waals surface area contributed by atoms with E-state index in [9.17, 15) is 9.59 Å². The molecular weight excluding hydrogens is 180 g/mol. The lowest BCUT2D eigenvalue weighted by Gasteiger charge is -2.31. The van der Waals surface area contributed by atoms with Crippen LogP contribution in [0, 0.1) is 16.7 Å². The molecule has 14 heavy (non-hydrogen) atoms. The van der Waals surface area contributed by atoms with Gasteiger partial charge < -0.3 is 4.74 Å². The fourth-order valence-electron chi connectivity index (χ4n) is 3.22. The van der Waals surface area contributed by atoms with Crippen molar-refractivity contribution in [1.29, 1.82) is 0 Å². The molecule has 2 aliphatic rings. The second-order valence-electron chi connectivity index (χ2n) is 5.22. The summed E-state index contributed by atoms with van der Waals surface area (Å²) in [6.45, 7) is 6.62. The second-order valence-corrected chi connectivity index (χ2v) is 5.22. The topological polar surface area (TPSA) is 43.4 Å². The average molecular weight is 196 g/mol. The minimum atomic E-state index is -0.485. The number of ether oxygens (including phenoxy) is 1. The summed E-state index contributed by atoms with van der Waals surface area (Å²) in [6.07, 6.45) is 1.44. The predicted molar refractivity (Wildman–Crippen MR) is 50.6 cm³/mol. The Morgan fingerprint density at radius 2 is 2.07 bits per heavy atom. The van der Waals surface area contributed by atoms with Gasteiger partial charge in [0.15, 0.2) is 11.9 Å². The first-order chi connectivity index (χ1) is 6.45. The highest BCUT2D eigenvalue weighted by Crippen LogP contribution is 2.64. The number of hydrogen-bond donors (Lipinski definition) is 0. The van der Waals surface area contributed by atoms with E-state index in [1.54, 1.807) is 0 Å². The summed E-state index contributed by atoms with van der Waals surface area (Å²) >= 11 is 0. The Hall–Kier alpha value is -0.860. The molecule has 2 saturated carbocycles. The van der Waals surface area contributed by atoms with Crippen molar-refractivity contribution in [3.05, 3.63) is 0 Å². The van der Waals surface area contributed by atoms with Crippen LogP contribution in [0.4, 0.5) is 0 Å². The molecule has 0 aromatic heterocycles. The van der Waals surface area contributed by atoms with Gasteiger partial charge in [0.2, 0.25) is 0 Å². The predicted octanol–water partition coefficient (Wildman–Crippen LogP) is 1.55. The summed E-state index contributed by atoms with van der Waals surface area (Å²) in [5.41, 5.74) is -0.316. The normalized spacial score (nSPS) is 44.1. The zero-order valence-electron chi connectivity index (χ0n) is 8.87. The fraction of sp³-hybridized carbons (Fsp3) is 0.818. The number of rotatable bonds is 2. The first kappa shape index (κ1) is 9.69. The average Bonchev–Trinajstić information content (AvgIpc) is 2.41. The van der Waals surface area contributed by atoms with Crippen molar-refractivity contribution in [1.82, 2.24) is 0 Å². The van der Waals surface area contributed by atoms with Crippen LogP contribution in [-0.4, -0.2) is 18.4 Å². The van der Waals surface area contributed by atoms with Crippen LogP contribution >= 0.6 is 0 Å². The standard InChI is InChI=1S/C11H16O3/c1-10(2)7-4-5-11(10,3)9(13)8(7)14-6-12/h6-8H,4-5H2,1-3H3. The minimum Gasteiger partial charge on any atom is -0.456 e. The molecule has 78 valence electrons. The van der Waals surface area contributed by atoms with Crippen LogP contribution in [-0.2, 0) is 14.3 Å². The lowest BCUT2D eigenvalue weighted by molar-refractivity contribution is -0.148. The Kier molecular flexibility index (Phi) is 1.79. The van der Waals surface area contributed by atoms with Crippen LogP contribution in [0.1, 0.15) is 33.6 Å². The van der Waals surface area contributed by atoms with Crippen molar-refractivity contribution in [2.24, 2.45) is 16.7 Å².